The first-order valence-electron chi connectivity index (χ1n) is 13.1. The number of aliphatic hydroxyl groups is 1. The van der Waals surface area contributed by atoms with Gasteiger partial charge in [0.2, 0.25) is 0 Å². The van der Waals surface area contributed by atoms with Crippen molar-refractivity contribution in [3.63, 3.8) is 0 Å². The molecule has 1 saturated carbocycles. The van der Waals surface area contributed by atoms with E-state index in [1.807, 2.05) is 6.92 Å². The number of carboxylic acids is 1. The van der Waals surface area contributed by atoms with Gasteiger partial charge in [-0.3, -0.25) is 9.59 Å². The van der Waals surface area contributed by atoms with Gasteiger partial charge in [0.25, 0.3) is 0 Å². The van der Waals surface area contributed by atoms with Crippen LogP contribution in [0.2, 0.25) is 0 Å². The molecule has 0 amide bonds. The number of carbonyl (C=O) groups excluding carboxylic acids is 1. The highest BCUT2D eigenvalue weighted by atomic mass is 19.1. The average molecular weight is 499 g/mol. The molecule has 4 atom stereocenters. The molecule has 0 spiro atoms. The van der Waals surface area contributed by atoms with Crippen molar-refractivity contribution in [2.24, 2.45) is 11.3 Å². The topological polar surface area (TPSA) is 102 Å². The fraction of sp³-hybridized carbons (Fsp3) is 0.778. The Morgan fingerprint density at radius 2 is 1.86 bits per heavy atom. The van der Waals surface area contributed by atoms with Crippen molar-refractivity contribution in [2.75, 3.05) is 13.7 Å². The largest absolute Gasteiger partial charge is 0.480 e. The lowest BCUT2D eigenvalue weighted by Gasteiger charge is -2.42. The maximum absolute atomic E-state index is 14.7. The van der Waals surface area contributed by atoms with Gasteiger partial charge in [-0.2, -0.15) is 0 Å². The molecule has 1 saturated heterocycles. The highest BCUT2D eigenvalue weighted by molar-refractivity contribution is 5.79. The third kappa shape index (κ3) is 8.31. The Labute approximate surface area is 208 Å². The van der Waals surface area contributed by atoms with E-state index in [4.69, 9.17) is 9.47 Å². The Morgan fingerprint density at radius 1 is 1.14 bits per heavy atom. The molecule has 1 aliphatic carbocycles. The van der Waals surface area contributed by atoms with Gasteiger partial charge >= 0.3 is 11.9 Å². The Kier molecular flexibility index (Phi) is 12.8. The van der Waals surface area contributed by atoms with Gasteiger partial charge in [-0.05, 0) is 50.5 Å². The van der Waals surface area contributed by atoms with Gasteiger partial charge < -0.3 is 24.4 Å². The summed E-state index contributed by atoms with van der Waals surface area (Å²) in [6, 6.07) is 0. The SMILES string of the molecule is CCCCC(F)C/C=C(/OC1CCCCO1)[C@](C(=O)O)(C1CCCC1)[C@H](O)C/C=C\CC(=O)OC. The van der Waals surface area contributed by atoms with Crippen LogP contribution >= 0.6 is 0 Å². The molecule has 0 bridgehead atoms. The van der Waals surface area contributed by atoms with Gasteiger partial charge in [0.05, 0.1) is 26.2 Å². The average Bonchev–Trinajstić information content (AvgIpc) is 3.39. The molecule has 7 nitrogen and oxygen atoms in total. The molecule has 8 heteroatoms. The molecule has 1 heterocycles. The zero-order valence-electron chi connectivity index (χ0n) is 21.3. The highest BCUT2D eigenvalue weighted by Crippen LogP contribution is 2.50. The van der Waals surface area contributed by atoms with Crippen molar-refractivity contribution >= 4 is 11.9 Å². The molecule has 2 N–H and O–H groups in total. The number of aliphatic carboxylic acids is 1. The maximum atomic E-state index is 14.7. The number of carboxylic acid groups (broad SMARTS) is 1. The van der Waals surface area contributed by atoms with Crippen LogP contribution in [-0.2, 0) is 23.8 Å². The van der Waals surface area contributed by atoms with E-state index < -0.39 is 35.9 Å². The van der Waals surface area contributed by atoms with Crippen LogP contribution in [0, 0.1) is 11.3 Å². The maximum Gasteiger partial charge on any atom is 0.320 e. The number of unbranched alkanes of at least 4 members (excludes halogenated alkanes) is 1. The van der Waals surface area contributed by atoms with Crippen LogP contribution in [0.3, 0.4) is 0 Å². The van der Waals surface area contributed by atoms with Crippen LogP contribution in [0.1, 0.15) is 90.4 Å². The van der Waals surface area contributed by atoms with Crippen molar-refractivity contribution < 1.29 is 38.4 Å². The quantitative estimate of drug-likeness (QED) is 0.175. The Balaban J connectivity index is 2.41. The summed E-state index contributed by atoms with van der Waals surface area (Å²) in [5, 5.41) is 22.0. The minimum atomic E-state index is -1.72. The lowest BCUT2D eigenvalue weighted by Crippen LogP contribution is -2.50. The third-order valence-electron chi connectivity index (χ3n) is 7.15. The van der Waals surface area contributed by atoms with Crippen molar-refractivity contribution in [2.45, 2.75) is 109 Å². The summed E-state index contributed by atoms with van der Waals surface area (Å²) in [6.45, 7) is 2.51. The molecule has 2 unspecified atom stereocenters. The van der Waals surface area contributed by atoms with E-state index in [-0.39, 0.29) is 30.9 Å². The number of alkyl halides is 1. The van der Waals surface area contributed by atoms with Crippen LogP contribution in [0.5, 0.6) is 0 Å². The zero-order chi connectivity index (χ0) is 25.7. The van der Waals surface area contributed by atoms with Gasteiger partial charge in [0.1, 0.15) is 11.9 Å². The van der Waals surface area contributed by atoms with Gasteiger partial charge in [0.15, 0.2) is 11.7 Å². The van der Waals surface area contributed by atoms with E-state index in [9.17, 15) is 24.2 Å². The van der Waals surface area contributed by atoms with E-state index in [0.29, 0.717) is 32.3 Å². The first-order valence-corrected chi connectivity index (χ1v) is 13.1. The molecule has 1 aliphatic heterocycles. The van der Waals surface area contributed by atoms with Crippen LogP contribution < -0.4 is 0 Å². The van der Waals surface area contributed by atoms with Gasteiger partial charge in [-0.1, -0.05) is 44.8 Å². The predicted molar refractivity (Wildman–Crippen MR) is 130 cm³/mol. The van der Waals surface area contributed by atoms with E-state index in [1.54, 1.807) is 18.2 Å². The van der Waals surface area contributed by atoms with Crippen LogP contribution in [0.15, 0.2) is 24.0 Å². The summed E-state index contributed by atoms with van der Waals surface area (Å²) in [6.07, 6.45) is 9.14. The number of carbonyl (C=O) groups is 2. The van der Waals surface area contributed by atoms with Crippen molar-refractivity contribution in [3.05, 3.63) is 24.0 Å². The van der Waals surface area contributed by atoms with Gasteiger partial charge in [-0.15, -0.1) is 0 Å². The van der Waals surface area contributed by atoms with E-state index in [1.165, 1.54) is 7.11 Å². The van der Waals surface area contributed by atoms with Crippen molar-refractivity contribution in [3.8, 4) is 0 Å². The molecule has 200 valence electrons. The third-order valence-corrected chi connectivity index (χ3v) is 7.15. The molecule has 35 heavy (non-hydrogen) atoms. The molecule has 0 aromatic carbocycles. The Hall–Kier alpha value is -1.93. The number of allylic oxidation sites excluding steroid dienone is 1. The zero-order valence-corrected chi connectivity index (χ0v) is 21.3. The summed E-state index contributed by atoms with van der Waals surface area (Å²) in [5.74, 6) is -1.84. The summed E-state index contributed by atoms with van der Waals surface area (Å²) in [4.78, 5) is 24.4. The second-order valence-electron chi connectivity index (χ2n) is 9.62. The number of methoxy groups -OCH3 is 1. The standard InChI is InChI=1S/C27H43FO7/c1-3-4-13-21(28)17-18-23(35-25-16-9-10-19-34-25)27(26(31)32,20-11-5-6-12-20)22(29)14-7-8-15-24(30)33-2/h7-8,18,20-22,25,29H,3-6,9-17,19H2,1-2H3,(H,31,32)/b8-7-,23-18+/t21?,22-,25?,27+/m1/s1. The number of rotatable bonds is 15. The minimum Gasteiger partial charge on any atom is -0.480 e. The first-order chi connectivity index (χ1) is 16.9. The first kappa shape index (κ1) is 29.3. The smallest absolute Gasteiger partial charge is 0.320 e. The molecule has 0 aromatic heterocycles. The summed E-state index contributed by atoms with van der Waals surface area (Å²) < 4.78 is 31.2. The monoisotopic (exact) mass is 498 g/mol. The van der Waals surface area contributed by atoms with E-state index in [0.717, 1.165) is 38.5 Å². The Bertz CT molecular complexity index is 710. The fourth-order valence-corrected chi connectivity index (χ4v) is 5.15. The van der Waals surface area contributed by atoms with Crippen LogP contribution in [0.25, 0.3) is 0 Å². The fourth-order valence-electron chi connectivity index (χ4n) is 5.15. The number of ether oxygens (including phenoxy) is 3. The Morgan fingerprint density at radius 3 is 2.46 bits per heavy atom. The number of hydrogen-bond donors (Lipinski definition) is 2. The van der Waals surface area contributed by atoms with E-state index in [2.05, 4.69) is 4.74 Å². The molecule has 2 aliphatic rings. The molecular formula is C27H43FO7. The van der Waals surface area contributed by atoms with Crippen LogP contribution in [0.4, 0.5) is 4.39 Å². The highest BCUT2D eigenvalue weighted by Gasteiger charge is 2.56. The van der Waals surface area contributed by atoms with Gasteiger partial charge in [-0.25, -0.2) is 4.39 Å². The summed E-state index contributed by atoms with van der Waals surface area (Å²) >= 11 is 0. The lowest BCUT2D eigenvalue weighted by atomic mass is 9.67. The predicted octanol–water partition coefficient (Wildman–Crippen LogP) is 5.46. The van der Waals surface area contributed by atoms with E-state index >= 15 is 0 Å². The number of halogens is 1. The normalized spacial score (nSPS) is 23.1. The molecule has 2 rings (SSSR count). The molecule has 0 aromatic rings. The lowest BCUT2D eigenvalue weighted by molar-refractivity contribution is -0.182. The molecular weight excluding hydrogens is 455 g/mol. The minimum absolute atomic E-state index is 0.0148. The van der Waals surface area contributed by atoms with Crippen molar-refractivity contribution in [1.82, 2.24) is 0 Å². The van der Waals surface area contributed by atoms with Crippen LogP contribution in [-0.4, -0.2) is 54.4 Å². The number of aliphatic hydroxyl groups excluding tert-OH is 1. The number of hydrogen-bond acceptors (Lipinski definition) is 6. The summed E-state index contributed by atoms with van der Waals surface area (Å²) in [7, 11) is 1.29. The molecule has 2 fully saturated rings. The second-order valence-corrected chi connectivity index (χ2v) is 9.62. The van der Waals surface area contributed by atoms with Crippen molar-refractivity contribution in [1.29, 1.82) is 0 Å². The summed E-state index contributed by atoms with van der Waals surface area (Å²) in [5.41, 5.74) is -1.72. The second kappa shape index (κ2) is 15.2. The van der Waals surface area contributed by atoms with Gasteiger partial charge in [0, 0.05) is 12.8 Å². The molecule has 0 radical (unpaired) electrons. The number of esters is 1.